The van der Waals surface area contributed by atoms with Crippen LogP contribution in [-0.2, 0) is 12.3 Å². The van der Waals surface area contributed by atoms with E-state index in [0.29, 0.717) is 23.0 Å². The molecule has 2 aromatic rings. The maximum absolute atomic E-state index is 11.7. The zero-order valence-electron chi connectivity index (χ0n) is 12.9. The van der Waals surface area contributed by atoms with E-state index in [2.05, 4.69) is 10.2 Å². The lowest BCUT2D eigenvalue weighted by Crippen LogP contribution is -2.17. The Morgan fingerprint density at radius 2 is 2.23 bits per heavy atom. The van der Waals surface area contributed by atoms with Gasteiger partial charge in [-0.25, -0.2) is 9.89 Å². The fraction of sp³-hybridized carbons (Fsp3) is 0.400. The minimum absolute atomic E-state index is 0.0107. The Kier molecular flexibility index (Phi) is 5.43. The van der Waals surface area contributed by atoms with Crippen molar-refractivity contribution in [3.05, 3.63) is 39.8 Å². The van der Waals surface area contributed by atoms with Gasteiger partial charge in [-0.3, -0.25) is 9.36 Å². The molecule has 0 fully saturated rings. The molecule has 0 unspecified atom stereocenters. The van der Waals surface area contributed by atoms with E-state index in [4.69, 9.17) is 4.74 Å². The lowest BCUT2D eigenvalue weighted by Gasteiger charge is -2.10. The van der Waals surface area contributed by atoms with Crippen molar-refractivity contribution in [2.75, 3.05) is 7.11 Å². The van der Waals surface area contributed by atoms with Gasteiger partial charge in [0.1, 0.15) is 5.75 Å². The normalized spacial score (nSPS) is 10.7. The molecule has 0 aliphatic rings. The number of ketones is 1. The van der Waals surface area contributed by atoms with Crippen LogP contribution in [0.15, 0.2) is 28.2 Å². The standard InChI is InChI=1S/C15H19N3O3S/c1-4-7-18-14(20)16-17-15(18)22-9-12-8-11(10(2)19)5-6-13(12)21-3/h5-6,8H,4,7,9H2,1-3H3,(H,16,20). The molecule has 2 rings (SSSR count). The molecule has 0 atom stereocenters. The Hall–Kier alpha value is -2.02. The molecule has 0 spiro atoms. The summed E-state index contributed by atoms with van der Waals surface area (Å²) < 4.78 is 6.95. The molecule has 0 radical (unpaired) electrons. The van der Waals surface area contributed by atoms with Crippen molar-refractivity contribution in [2.24, 2.45) is 0 Å². The largest absolute Gasteiger partial charge is 0.496 e. The highest BCUT2D eigenvalue weighted by molar-refractivity contribution is 7.98. The topological polar surface area (TPSA) is 77.0 Å². The summed E-state index contributed by atoms with van der Waals surface area (Å²) in [5.74, 6) is 1.30. The number of nitrogens with zero attached hydrogens (tertiary/aromatic N) is 2. The Morgan fingerprint density at radius 3 is 2.86 bits per heavy atom. The monoisotopic (exact) mass is 321 g/mol. The number of thioether (sulfide) groups is 1. The third-order valence-corrected chi connectivity index (χ3v) is 4.24. The van der Waals surface area contributed by atoms with Gasteiger partial charge in [-0.1, -0.05) is 18.7 Å². The Balaban J connectivity index is 2.22. The Bertz CT molecular complexity index is 721. The highest BCUT2D eigenvalue weighted by Gasteiger charge is 2.12. The van der Waals surface area contributed by atoms with Crippen molar-refractivity contribution in [1.82, 2.24) is 14.8 Å². The highest BCUT2D eigenvalue weighted by atomic mass is 32.2. The highest BCUT2D eigenvalue weighted by Crippen LogP contribution is 2.27. The van der Waals surface area contributed by atoms with Crippen LogP contribution in [0.25, 0.3) is 0 Å². The number of aromatic nitrogens is 3. The Labute approximate surface area is 132 Å². The fourth-order valence-corrected chi connectivity index (χ4v) is 3.04. The number of methoxy groups -OCH3 is 1. The molecule has 6 nitrogen and oxygen atoms in total. The van der Waals surface area contributed by atoms with Crippen molar-refractivity contribution in [3.63, 3.8) is 0 Å². The summed E-state index contributed by atoms with van der Waals surface area (Å²) in [7, 11) is 1.60. The molecule has 0 aliphatic carbocycles. The molecule has 1 heterocycles. The first-order chi connectivity index (χ1) is 10.6. The number of rotatable bonds is 7. The van der Waals surface area contributed by atoms with Crippen LogP contribution in [0.4, 0.5) is 0 Å². The fourth-order valence-electron chi connectivity index (χ4n) is 2.09. The second-order valence-corrected chi connectivity index (χ2v) is 5.78. The number of nitrogens with one attached hydrogen (secondary N) is 1. The number of carbonyl (C=O) groups is 1. The average Bonchev–Trinajstić information content (AvgIpc) is 2.86. The van der Waals surface area contributed by atoms with Gasteiger partial charge in [0.15, 0.2) is 10.9 Å². The van der Waals surface area contributed by atoms with E-state index < -0.39 is 0 Å². The van der Waals surface area contributed by atoms with E-state index in [9.17, 15) is 9.59 Å². The van der Waals surface area contributed by atoms with Gasteiger partial charge in [-0.15, -0.1) is 5.10 Å². The van der Waals surface area contributed by atoms with Crippen molar-refractivity contribution < 1.29 is 9.53 Å². The third kappa shape index (κ3) is 3.59. The second kappa shape index (κ2) is 7.31. The van der Waals surface area contributed by atoms with Crippen LogP contribution in [0.5, 0.6) is 5.75 Å². The van der Waals surface area contributed by atoms with Gasteiger partial charge in [0.2, 0.25) is 0 Å². The molecule has 0 saturated carbocycles. The van der Waals surface area contributed by atoms with Crippen LogP contribution in [0.3, 0.4) is 0 Å². The molecule has 0 bridgehead atoms. The lowest BCUT2D eigenvalue weighted by molar-refractivity contribution is 0.101. The molecule has 1 aromatic carbocycles. The van der Waals surface area contributed by atoms with Crippen molar-refractivity contribution in [3.8, 4) is 5.75 Å². The van der Waals surface area contributed by atoms with Crippen LogP contribution in [-0.4, -0.2) is 27.7 Å². The van der Waals surface area contributed by atoms with Crippen LogP contribution in [0.1, 0.15) is 36.2 Å². The van der Waals surface area contributed by atoms with Gasteiger partial charge >= 0.3 is 5.69 Å². The summed E-state index contributed by atoms with van der Waals surface area (Å²) in [6.45, 7) is 4.17. The number of aromatic amines is 1. The molecule has 0 aliphatic heterocycles. The van der Waals surface area contributed by atoms with E-state index in [0.717, 1.165) is 17.7 Å². The predicted molar refractivity (Wildman–Crippen MR) is 85.7 cm³/mol. The minimum atomic E-state index is -0.200. The third-order valence-electron chi connectivity index (χ3n) is 3.21. The van der Waals surface area contributed by atoms with Gasteiger partial charge in [-0.05, 0) is 31.5 Å². The molecule has 1 N–H and O–H groups in total. The van der Waals surface area contributed by atoms with Crippen molar-refractivity contribution in [2.45, 2.75) is 37.7 Å². The summed E-state index contributed by atoms with van der Waals surface area (Å²) in [5, 5.41) is 7.15. The molecule has 22 heavy (non-hydrogen) atoms. The maximum Gasteiger partial charge on any atom is 0.343 e. The van der Waals surface area contributed by atoms with Gasteiger partial charge in [0.25, 0.3) is 0 Å². The van der Waals surface area contributed by atoms with E-state index in [1.807, 2.05) is 13.0 Å². The van der Waals surface area contributed by atoms with Crippen molar-refractivity contribution in [1.29, 1.82) is 0 Å². The summed E-state index contributed by atoms with van der Waals surface area (Å²) in [4.78, 5) is 23.2. The van der Waals surface area contributed by atoms with Crippen LogP contribution < -0.4 is 10.4 Å². The first kappa shape index (κ1) is 16.4. The van der Waals surface area contributed by atoms with Gasteiger partial charge in [-0.2, -0.15) is 0 Å². The number of ether oxygens (including phenoxy) is 1. The second-order valence-electron chi connectivity index (χ2n) is 4.83. The molecular formula is C15H19N3O3S. The smallest absolute Gasteiger partial charge is 0.343 e. The first-order valence-corrected chi connectivity index (χ1v) is 8.01. The summed E-state index contributed by atoms with van der Waals surface area (Å²) in [6.07, 6.45) is 0.857. The number of H-pyrrole nitrogens is 1. The molecule has 118 valence electrons. The SMILES string of the molecule is CCCn1c(SCc2cc(C(C)=O)ccc2OC)n[nH]c1=O. The van der Waals surface area contributed by atoms with E-state index in [1.54, 1.807) is 23.8 Å². The first-order valence-electron chi connectivity index (χ1n) is 7.02. The quantitative estimate of drug-likeness (QED) is 0.626. The summed E-state index contributed by atoms with van der Waals surface area (Å²) in [5.41, 5.74) is 1.34. The molecule has 0 saturated heterocycles. The maximum atomic E-state index is 11.7. The van der Waals surface area contributed by atoms with Crippen LogP contribution >= 0.6 is 11.8 Å². The Morgan fingerprint density at radius 1 is 1.45 bits per heavy atom. The van der Waals surface area contributed by atoms with E-state index in [1.165, 1.54) is 18.7 Å². The molecule has 1 aromatic heterocycles. The molecule has 0 amide bonds. The van der Waals surface area contributed by atoms with E-state index >= 15 is 0 Å². The lowest BCUT2D eigenvalue weighted by atomic mass is 10.1. The van der Waals surface area contributed by atoms with Crippen LogP contribution in [0.2, 0.25) is 0 Å². The number of benzene rings is 1. The zero-order valence-corrected chi connectivity index (χ0v) is 13.7. The number of carbonyl (C=O) groups excluding carboxylic acids is 1. The van der Waals surface area contributed by atoms with Gasteiger partial charge in [0, 0.05) is 23.4 Å². The summed E-state index contributed by atoms with van der Waals surface area (Å²) in [6, 6.07) is 5.36. The predicted octanol–water partition coefficient (Wildman–Crippen LogP) is 2.48. The number of hydrogen-bond donors (Lipinski definition) is 1. The van der Waals surface area contributed by atoms with Gasteiger partial charge in [0.05, 0.1) is 7.11 Å². The number of hydrogen-bond acceptors (Lipinski definition) is 5. The summed E-state index contributed by atoms with van der Waals surface area (Å²) >= 11 is 1.44. The molecule has 7 heteroatoms. The van der Waals surface area contributed by atoms with Crippen LogP contribution in [0, 0.1) is 0 Å². The molecular weight excluding hydrogens is 302 g/mol. The number of Topliss-reactive ketones (excluding diaryl/α,β-unsaturated/α-hetero) is 1. The van der Waals surface area contributed by atoms with Gasteiger partial charge < -0.3 is 4.74 Å². The minimum Gasteiger partial charge on any atom is -0.496 e. The van der Waals surface area contributed by atoms with Crippen molar-refractivity contribution >= 4 is 17.5 Å². The zero-order chi connectivity index (χ0) is 16.1. The average molecular weight is 321 g/mol. The van der Waals surface area contributed by atoms with E-state index in [-0.39, 0.29) is 11.5 Å².